The van der Waals surface area contributed by atoms with Gasteiger partial charge in [-0.1, -0.05) is 19.3 Å². The Morgan fingerprint density at radius 1 is 1.28 bits per heavy atom. The van der Waals surface area contributed by atoms with Gasteiger partial charge in [0.1, 0.15) is 5.82 Å². The average molecular weight is 310 g/mol. The summed E-state index contributed by atoms with van der Waals surface area (Å²) in [6.45, 7) is 3.23. The Balaban J connectivity index is 1.94. The largest absolute Gasteiger partial charge is 0.347 e. The van der Waals surface area contributed by atoms with Crippen molar-refractivity contribution in [2.24, 2.45) is 0 Å². The number of piperazine rings is 1. The normalized spacial score (nSPS) is 23.3. The van der Waals surface area contributed by atoms with Gasteiger partial charge in [-0.15, -0.1) is 0 Å². The molecule has 1 N–H and O–H groups in total. The predicted molar refractivity (Wildman–Crippen MR) is 78.0 cm³/mol. The Bertz CT molecular complexity index is 407. The Morgan fingerprint density at radius 3 is 2.89 bits per heavy atom. The first-order chi connectivity index (χ1) is 8.82. The van der Waals surface area contributed by atoms with Gasteiger partial charge in [0, 0.05) is 25.8 Å². The fourth-order valence-electron chi connectivity index (χ4n) is 3.41. The first kappa shape index (κ1) is 12.4. The van der Waals surface area contributed by atoms with Crippen molar-refractivity contribution in [2.45, 2.75) is 37.6 Å². The number of hydrogen-bond donors (Lipinski definition) is 1. The van der Waals surface area contributed by atoms with E-state index >= 15 is 0 Å². The van der Waals surface area contributed by atoms with Gasteiger partial charge < -0.3 is 10.2 Å². The molecule has 2 heterocycles. The van der Waals surface area contributed by atoms with Crippen LogP contribution in [0.25, 0.3) is 0 Å². The van der Waals surface area contributed by atoms with Crippen molar-refractivity contribution in [3.8, 4) is 0 Å². The van der Waals surface area contributed by atoms with E-state index in [1.54, 1.807) is 0 Å². The summed E-state index contributed by atoms with van der Waals surface area (Å²) in [6, 6.07) is 4.09. The number of rotatable bonds is 1. The molecule has 0 unspecified atom stereocenters. The molecule has 4 heteroatoms. The summed E-state index contributed by atoms with van der Waals surface area (Å²) in [5, 5.41) is 3.58. The van der Waals surface area contributed by atoms with E-state index in [0.717, 1.165) is 29.9 Å². The minimum absolute atomic E-state index is 0.299. The van der Waals surface area contributed by atoms with Crippen LogP contribution in [0.15, 0.2) is 22.8 Å². The quantitative estimate of drug-likeness (QED) is 0.864. The average Bonchev–Trinajstić information content (AvgIpc) is 2.41. The van der Waals surface area contributed by atoms with E-state index in [1.165, 1.54) is 32.1 Å². The van der Waals surface area contributed by atoms with Crippen LogP contribution in [0.2, 0.25) is 0 Å². The minimum atomic E-state index is 0.299. The monoisotopic (exact) mass is 309 g/mol. The van der Waals surface area contributed by atoms with Crippen molar-refractivity contribution in [3.63, 3.8) is 0 Å². The molecule has 0 atom stereocenters. The van der Waals surface area contributed by atoms with Crippen LogP contribution in [-0.2, 0) is 0 Å². The molecule has 1 aliphatic carbocycles. The van der Waals surface area contributed by atoms with Crippen molar-refractivity contribution in [3.05, 3.63) is 22.8 Å². The molecule has 1 saturated heterocycles. The zero-order valence-electron chi connectivity index (χ0n) is 10.7. The molecule has 1 aromatic rings. The lowest BCUT2D eigenvalue weighted by molar-refractivity contribution is 0.239. The second kappa shape index (κ2) is 5.17. The number of nitrogens with one attached hydrogen (secondary N) is 1. The van der Waals surface area contributed by atoms with Crippen molar-refractivity contribution in [1.82, 2.24) is 10.3 Å². The van der Waals surface area contributed by atoms with Crippen LogP contribution < -0.4 is 10.2 Å². The molecular formula is C14H20BrN3. The van der Waals surface area contributed by atoms with E-state index < -0.39 is 0 Å². The van der Waals surface area contributed by atoms with Crippen LogP contribution in [0, 0.1) is 0 Å². The predicted octanol–water partition coefficient (Wildman–Crippen LogP) is 2.96. The standard InChI is InChI=1S/C14H20BrN3/c15-12-5-4-8-17-13(12)18-10-9-16-11-14(18)6-2-1-3-7-14/h4-5,8,16H,1-3,6-7,9-11H2. The first-order valence-corrected chi connectivity index (χ1v) is 7.70. The highest BCUT2D eigenvalue weighted by Gasteiger charge is 2.40. The van der Waals surface area contributed by atoms with Crippen molar-refractivity contribution in [1.29, 1.82) is 0 Å². The molecule has 0 radical (unpaired) electrons. The highest BCUT2D eigenvalue weighted by atomic mass is 79.9. The van der Waals surface area contributed by atoms with Gasteiger partial charge in [-0.2, -0.15) is 0 Å². The second-order valence-corrected chi connectivity index (χ2v) is 6.28. The molecule has 1 aromatic heterocycles. The molecule has 18 heavy (non-hydrogen) atoms. The van der Waals surface area contributed by atoms with Crippen LogP contribution >= 0.6 is 15.9 Å². The van der Waals surface area contributed by atoms with Gasteiger partial charge in [0.25, 0.3) is 0 Å². The fraction of sp³-hybridized carbons (Fsp3) is 0.643. The molecule has 1 aliphatic heterocycles. The Kier molecular flexibility index (Phi) is 3.57. The van der Waals surface area contributed by atoms with Gasteiger partial charge in [-0.25, -0.2) is 4.98 Å². The second-order valence-electron chi connectivity index (χ2n) is 5.42. The molecule has 1 saturated carbocycles. The van der Waals surface area contributed by atoms with Gasteiger partial charge in [0.05, 0.1) is 10.0 Å². The maximum absolute atomic E-state index is 4.60. The number of pyridine rings is 1. The third kappa shape index (κ3) is 2.16. The number of nitrogens with zero attached hydrogens (tertiary/aromatic N) is 2. The molecule has 3 nitrogen and oxygen atoms in total. The van der Waals surface area contributed by atoms with Gasteiger partial charge >= 0.3 is 0 Å². The zero-order valence-corrected chi connectivity index (χ0v) is 12.2. The van der Waals surface area contributed by atoms with Gasteiger partial charge in [0.15, 0.2) is 0 Å². The summed E-state index contributed by atoms with van der Waals surface area (Å²) >= 11 is 3.66. The van der Waals surface area contributed by atoms with Gasteiger partial charge in [-0.05, 0) is 40.9 Å². The van der Waals surface area contributed by atoms with E-state index in [9.17, 15) is 0 Å². The number of aromatic nitrogens is 1. The fourth-order valence-corrected chi connectivity index (χ4v) is 3.88. The lowest BCUT2D eigenvalue weighted by atomic mass is 9.79. The molecule has 1 spiro atoms. The summed E-state index contributed by atoms with van der Waals surface area (Å²) in [7, 11) is 0. The SMILES string of the molecule is Brc1cccnc1N1CCNCC12CCCCC2. The summed E-state index contributed by atoms with van der Waals surface area (Å²) in [5.41, 5.74) is 0.299. The van der Waals surface area contributed by atoms with Crippen LogP contribution in [0.3, 0.4) is 0 Å². The molecule has 0 aromatic carbocycles. The molecular weight excluding hydrogens is 290 g/mol. The van der Waals surface area contributed by atoms with E-state index in [2.05, 4.69) is 37.2 Å². The molecule has 0 bridgehead atoms. The third-order valence-corrected chi connectivity index (χ3v) is 4.94. The minimum Gasteiger partial charge on any atom is -0.347 e. The molecule has 0 amide bonds. The van der Waals surface area contributed by atoms with E-state index in [-0.39, 0.29) is 0 Å². The summed E-state index contributed by atoms with van der Waals surface area (Å²) in [4.78, 5) is 7.15. The molecule has 2 aliphatic rings. The highest BCUT2D eigenvalue weighted by Crippen LogP contribution is 2.39. The van der Waals surface area contributed by atoms with Crippen LogP contribution in [-0.4, -0.2) is 30.2 Å². The van der Waals surface area contributed by atoms with Crippen LogP contribution in [0.4, 0.5) is 5.82 Å². The van der Waals surface area contributed by atoms with E-state index in [4.69, 9.17) is 0 Å². The Hall–Kier alpha value is -0.610. The molecule has 3 rings (SSSR count). The van der Waals surface area contributed by atoms with E-state index in [1.807, 2.05) is 12.3 Å². The number of halogens is 1. The Morgan fingerprint density at radius 2 is 2.11 bits per heavy atom. The summed E-state index contributed by atoms with van der Waals surface area (Å²) in [5.74, 6) is 1.13. The zero-order chi connectivity index (χ0) is 12.4. The van der Waals surface area contributed by atoms with Gasteiger partial charge in [-0.3, -0.25) is 0 Å². The van der Waals surface area contributed by atoms with Crippen molar-refractivity contribution < 1.29 is 0 Å². The van der Waals surface area contributed by atoms with Crippen molar-refractivity contribution in [2.75, 3.05) is 24.5 Å². The first-order valence-electron chi connectivity index (χ1n) is 6.91. The van der Waals surface area contributed by atoms with E-state index in [0.29, 0.717) is 5.54 Å². The lowest BCUT2D eigenvalue weighted by Gasteiger charge is -2.50. The maximum Gasteiger partial charge on any atom is 0.143 e. The molecule has 2 fully saturated rings. The van der Waals surface area contributed by atoms with Crippen LogP contribution in [0.5, 0.6) is 0 Å². The van der Waals surface area contributed by atoms with Gasteiger partial charge in [0.2, 0.25) is 0 Å². The number of anilines is 1. The smallest absolute Gasteiger partial charge is 0.143 e. The molecule has 98 valence electrons. The Labute approximate surface area is 117 Å². The topological polar surface area (TPSA) is 28.2 Å². The lowest BCUT2D eigenvalue weighted by Crippen LogP contribution is -2.62. The maximum atomic E-state index is 4.60. The third-order valence-electron chi connectivity index (χ3n) is 4.32. The van der Waals surface area contributed by atoms with Crippen molar-refractivity contribution >= 4 is 21.7 Å². The number of hydrogen-bond acceptors (Lipinski definition) is 3. The summed E-state index contributed by atoms with van der Waals surface area (Å²) < 4.78 is 1.12. The summed E-state index contributed by atoms with van der Waals surface area (Å²) in [6.07, 6.45) is 8.58. The van der Waals surface area contributed by atoms with Crippen LogP contribution in [0.1, 0.15) is 32.1 Å². The highest BCUT2D eigenvalue weighted by molar-refractivity contribution is 9.10.